The molecule has 0 saturated heterocycles. The first-order chi connectivity index (χ1) is 8.72. The minimum Gasteiger partial charge on any atom is -0.360 e. The SMILES string of the molecule is CCCNc1nnc(C(=O)N(CC)CCC#N)s1. The summed E-state index contributed by atoms with van der Waals surface area (Å²) >= 11 is 1.25. The second-order valence-electron chi connectivity index (χ2n) is 3.63. The molecule has 1 heterocycles. The van der Waals surface area contributed by atoms with E-state index < -0.39 is 0 Å². The Morgan fingerprint density at radius 3 is 2.89 bits per heavy atom. The molecule has 0 aliphatic rings. The van der Waals surface area contributed by atoms with E-state index in [1.165, 1.54) is 11.3 Å². The number of rotatable bonds is 7. The molecule has 0 bridgehead atoms. The molecule has 98 valence electrons. The molecular formula is C11H17N5OS. The molecule has 1 rings (SSSR count). The van der Waals surface area contributed by atoms with Gasteiger partial charge >= 0.3 is 0 Å². The summed E-state index contributed by atoms with van der Waals surface area (Å²) in [4.78, 5) is 13.7. The summed E-state index contributed by atoms with van der Waals surface area (Å²) in [5.41, 5.74) is 0. The number of anilines is 1. The van der Waals surface area contributed by atoms with E-state index in [9.17, 15) is 4.79 Å². The fourth-order valence-electron chi connectivity index (χ4n) is 1.34. The van der Waals surface area contributed by atoms with Gasteiger partial charge in [0.15, 0.2) is 0 Å². The topological polar surface area (TPSA) is 81.9 Å². The molecule has 1 aromatic rings. The normalized spacial score (nSPS) is 9.83. The maximum Gasteiger partial charge on any atom is 0.284 e. The first-order valence-corrected chi connectivity index (χ1v) is 6.78. The second kappa shape index (κ2) is 7.61. The van der Waals surface area contributed by atoms with Crippen molar-refractivity contribution in [3.8, 4) is 6.07 Å². The van der Waals surface area contributed by atoms with Crippen LogP contribution in [0.2, 0.25) is 0 Å². The van der Waals surface area contributed by atoms with Gasteiger partial charge in [0.1, 0.15) is 0 Å². The second-order valence-corrected chi connectivity index (χ2v) is 4.61. The van der Waals surface area contributed by atoms with Gasteiger partial charge in [-0.2, -0.15) is 5.26 Å². The van der Waals surface area contributed by atoms with Gasteiger partial charge in [-0.1, -0.05) is 18.3 Å². The van der Waals surface area contributed by atoms with Crippen LogP contribution in [0.1, 0.15) is 36.5 Å². The van der Waals surface area contributed by atoms with Crippen LogP contribution in [0.5, 0.6) is 0 Å². The molecule has 0 spiro atoms. The fourth-order valence-corrected chi connectivity index (χ4v) is 2.07. The van der Waals surface area contributed by atoms with Crippen LogP contribution in [0.4, 0.5) is 5.13 Å². The Kier molecular flexibility index (Phi) is 6.08. The lowest BCUT2D eigenvalue weighted by Gasteiger charge is -2.17. The number of carbonyl (C=O) groups is 1. The van der Waals surface area contributed by atoms with Gasteiger partial charge in [-0.25, -0.2) is 0 Å². The zero-order chi connectivity index (χ0) is 13.4. The van der Waals surface area contributed by atoms with Crippen molar-refractivity contribution in [2.75, 3.05) is 25.0 Å². The highest BCUT2D eigenvalue weighted by atomic mass is 32.1. The van der Waals surface area contributed by atoms with Crippen LogP contribution in [0.3, 0.4) is 0 Å². The van der Waals surface area contributed by atoms with Gasteiger partial charge in [0.2, 0.25) is 10.1 Å². The fraction of sp³-hybridized carbons (Fsp3) is 0.636. The summed E-state index contributed by atoms with van der Waals surface area (Å²) in [5.74, 6) is -0.158. The third-order valence-electron chi connectivity index (χ3n) is 2.30. The van der Waals surface area contributed by atoms with E-state index in [-0.39, 0.29) is 5.91 Å². The Hall–Kier alpha value is -1.68. The molecule has 1 amide bonds. The lowest BCUT2D eigenvalue weighted by molar-refractivity contribution is 0.0766. The molecule has 0 saturated carbocycles. The predicted molar refractivity (Wildman–Crippen MR) is 70.5 cm³/mol. The summed E-state index contributed by atoms with van der Waals surface area (Å²) in [6.07, 6.45) is 1.32. The van der Waals surface area contributed by atoms with Crippen LogP contribution in [0.25, 0.3) is 0 Å². The summed E-state index contributed by atoms with van der Waals surface area (Å²) in [7, 11) is 0. The van der Waals surface area contributed by atoms with Gasteiger partial charge in [0.05, 0.1) is 12.5 Å². The molecule has 0 aliphatic carbocycles. The summed E-state index contributed by atoms with van der Waals surface area (Å²) in [6.45, 7) is 5.75. The van der Waals surface area contributed by atoms with Gasteiger partial charge in [-0.05, 0) is 13.3 Å². The van der Waals surface area contributed by atoms with Crippen molar-refractivity contribution in [2.45, 2.75) is 26.7 Å². The lowest BCUT2D eigenvalue weighted by Crippen LogP contribution is -2.31. The summed E-state index contributed by atoms with van der Waals surface area (Å²) in [6, 6.07) is 2.03. The van der Waals surface area contributed by atoms with E-state index in [4.69, 9.17) is 5.26 Å². The quantitative estimate of drug-likeness (QED) is 0.813. The van der Waals surface area contributed by atoms with Gasteiger partial charge in [0.25, 0.3) is 5.91 Å². The maximum absolute atomic E-state index is 12.1. The summed E-state index contributed by atoms with van der Waals surface area (Å²) in [5, 5.41) is 20.5. The van der Waals surface area contributed by atoms with Crippen LogP contribution in [0, 0.1) is 11.3 Å². The molecule has 0 unspecified atom stereocenters. The molecule has 0 aromatic carbocycles. The third-order valence-corrected chi connectivity index (χ3v) is 3.17. The molecule has 0 atom stereocenters. The van der Waals surface area contributed by atoms with Crippen LogP contribution in [-0.2, 0) is 0 Å². The lowest BCUT2D eigenvalue weighted by atomic mass is 10.4. The van der Waals surface area contributed by atoms with Gasteiger partial charge in [-0.3, -0.25) is 4.79 Å². The van der Waals surface area contributed by atoms with Crippen LogP contribution < -0.4 is 5.32 Å². The molecule has 1 aromatic heterocycles. The third kappa shape index (κ3) is 3.96. The van der Waals surface area contributed by atoms with Crippen LogP contribution in [0.15, 0.2) is 0 Å². The van der Waals surface area contributed by atoms with Crippen molar-refractivity contribution in [3.63, 3.8) is 0 Å². The molecule has 0 fully saturated rings. The van der Waals surface area contributed by atoms with Crippen molar-refractivity contribution in [2.24, 2.45) is 0 Å². The van der Waals surface area contributed by atoms with Crippen molar-refractivity contribution in [1.82, 2.24) is 15.1 Å². The predicted octanol–water partition coefficient (Wildman–Crippen LogP) is 1.74. The number of hydrogen-bond acceptors (Lipinski definition) is 6. The molecule has 1 N–H and O–H groups in total. The molecular weight excluding hydrogens is 250 g/mol. The Morgan fingerprint density at radius 1 is 1.50 bits per heavy atom. The smallest absolute Gasteiger partial charge is 0.284 e. The Bertz CT molecular complexity index is 425. The number of nitrogens with one attached hydrogen (secondary N) is 1. The Morgan fingerprint density at radius 2 is 2.28 bits per heavy atom. The average molecular weight is 267 g/mol. The number of amides is 1. The van der Waals surface area contributed by atoms with Crippen molar-refractivity contribution < 1.29 is 4.79 Å². The largest absolute Gasteiger partial charge is 0.360 e. The van der Waals surface area contributed by atoms with Crippen LogP contribution in [-0.4, -0.2) is 40.6 Å². The number of nitrogens with zero attached hydrogens (tertiary/aromatic N) is 4. The number of aromatic nitrogens is 2. The average Bonchev–Trinajstić information content (AvgIpc) is 2.85. The summed E-state index contributed by atoms with van der Waals surface area (Å²) < 4.78 is 0. The van der Waals surface area contributed by atoms with Gasteiger partial charge in [-0.15, -0.1) is 10.2 Å². The standard InChI is InChI=1S/C11H17N5OS/c1-3-7-13-11-15-14-9(18-11)10(17)16(4-2)8-5-6-12/h3-5,7-8H2,1-2H3,(H,13,15). The van der Waals surface area contributed by atoms with Crippen molar-refractivity contribution >= 4 is 22.4 Å². The van der Waals surface area contributed by atoms with E-state index in [0.29, 0.717) is 29.6 Å². The van der Waals surface area contributed by atoms with E-state index in [2.05, 4.69) is 22.4 Å². The van der Waals surface area contributed by atoms with Crippen LogP contribution >= 0.6 is 11.3 Å². The molecule has 6 nitrogen and oxygen atoms in total. The zero-order valence-electron chi connectivity index (χ0n) is 10.6. The number of hydrogen-bond donors (Lipinski definition) is 1. The van der Waals surface area contributed by atoms with E-state index >= 15 is 0 Å². The van der Waals surface area contributed by atoms with Gasteiger partial charge in [0, 0.05) is 19.6 Å². The highest BCUT2D eigenvalue weighted by Crippen LogP contribution is 2.16. The monoisotopic (exact) mass is 267 g/mol. The number of carbonyl (C=O) groups excluding carboxylic acids is 1. The Balaban J connectivity index is 2.64. The first kappa shape index (κ1) is 14.4. The van der Waals surface area contributed by atoms with Gasteiger partial charge < -0.3 is 10.2 Å². The molecule has 7 heteroatoms. The van der Waals surface area contributed by atoms with E-state index in [0.717, 1.165) is 13.0 Å². The van der Waals surface area contributed by atoms with E-state index in [1.54, 1.807) is 4.90 Å². The van der Waals surface area contributed by atoms with E-state index in [1.807, 2.05) is 13.0 Å². The molecule has 0 aliphatic heterocycles. The van der Waals surface area contributed by atoms with Crippen molar-refractivity contribution in [3.05, 3.63) is 5.01 Å². The highest BCUT2D eigenvalue weighted by molar-refractivity contribution is 7.17. The minimum atomic E-state index is -0.158. The number of nitriles is 1. The molecule has 0 radical (unpaired) electrons. The minimum absolute atomic E-state index is 0.158. The first-order valence-electron chi connectivity index (χ1n) is 5.96. The molecule has 18 heavy (non-hydrogen) atoms. The highest BCUT2D eigenvalue weighted by Gasteiger charge is 2.18. The van der Waals surface area contributed by atoms with Crippen molar-refractivity contribution in [1.29, 1.82) is 5.26 Å². The Labute approximate surface area is 111 Å². The zero-order valence-corrected chi connectivity index (χ0v) is 11.5. The maximum atomic E-state index is 12.1.